The van der Waals surface area contributed by atoms with Gasteiger partial charge in [-0.05, 0) is 24.8 Å². The number of carbonyl (C=O) groups excluding carboxylic acids is 3. The first-order valence-corrected chi connectivity index (χ1v) is 16.3. The van der Waals surface area contributed by atoms with E-state index in [4.69, 9.17) is 9.47 Å². The molecule has 3 unspecified atom stereocenters. The van der Waals surface area contributed by atoms with Crippen molar-refractivity contribution >= 4 is 23.6 Å². The predicted octanol–water partition coefficient (Wildman–Crippen LogP) is 6.65. The molecule has 4 atom stereocenters. The van der Waals surface area contributed by atoms with E-state index in [1.54, 1.807) is 0 Å². The van der Waals surface area contributed by atoms with Crippen LogP contribution in [0.3, 0.4) is 0 Å². The average molecular weight is 678 g/mol. The van der Waals surface area contributed by atoms with Gasteiger partial charge in [0, 0.05) is 62.0 Å². The molecule has 1 aromatic carbocycles. The molecule has 1 aromatic rings. The molecule has 3 aliphatic carbocycles. The Hall–Kier alpha value is -3.26. The van der Waals surface area contributed by atoms with Crippen LogP contribution in [0.5, 0.6) is 5.75 Å². The van der Waals surface area contributed by atoms with Crippen molar-refractivity contribution in [3.8, 4) is 5.75 Å². The molecule has 1 saturated heterocycles. The van der Waals surface area contributed by atoms with E-state index in [1.807, 2.05) is 0 Å². The van der Waals surface area contributed by atoms with Crippen LogP contribution < -0.4 is 15.4 Å². The first kappa shape index (κ1) is 33.6. The van der Waals surface area contributed by atoms with Crippen LogP contribution in [0.1, 0.15) is 75.7 Å². The average Bonchev–Trinajstić information content (AvgIpc) is 3.65. The number of fused-ring (bicyclic) bond motifs is 1. The molecule has 3 saturated carbocycles. The first-order chi connectivity index (χ1) is 22.1. The molecule has 15 heteroatoms. The number of hydrogen-bond donors (Lipinski definition) is 2. The molecule has 8 nitrogen and oxygen atoms in total. The van der Waals surface area contributed by atoms with Crippen LogP contribution in [0.15, 0.2) is 18.2 Å². The molecule has 6 rings (SSSR count). The number of alkyl halides is 7. The highest BCUT2D eigenvalue weighted by atomic mass is 19.4. The van der Waals surface area contributed by atoms with Gasteiger partial charge in [0.2, 0.25) is 17.7 Å². The van der Waals surface area contributed by atoms with Gasteiger partial charge in [-0.1, -0.05) is 31.7 Å². The molecular weight excluding hydrogens is 639 g/mol. The zero-order valence-electron chi connectivity index (χ0n) is 25.6. The Labute approximate surface area is 267 Å². The number of nitrogens with zero attached hydrogens (tertiary/aromatic N) is 1. The quantitative estimate of drug-likeness (QED) is 0.238. The number of anilines is 1. The van der Waals surface area contributed by atoms with Crippen molar-refractivity contribution in [1.29, 1.82) is 0 Å². The number of carbonyl (C=O) groups is 3. The summed E-state index contributed by atoms with van der Waals surface area (Å²) in [5.74, 6) is -11.1. The van der Waals surface area contributed by atoms with Crippen LogP contribution in [0.2, 0.25) is 0 Å². The van der Waals surface area contributed by atoms with Gasteiger partial charge < -0.3 is 25.0 Å². The van der Waals surface area contributed by atoms with Crippen molar-refractivity contribution in [1.82, 2.24) is 10.2 Å². The van der Waals surface area contributed by atoms with Crippen molar-refractivity contribution in [2.45, 2.75) is 100 Å². The summed E-state index contributed by atoms with van der Waals surface area (Å²) in [4.78, 5) is 40.7. The Morgan fingerprint density at radius 2 is 1.66 bits per heavy atom. The lowest BCUT2D eigenvalue weighted by Crippen LogP contribution is -2.57. The molecule has 0 aromatic heterocycles. The van der Waals surface area contributed by atoms with E-state index in [2.05, 4.69) is 10.6 Å². The number of benzene rings is 1. The number of alkyl carbamates (subject to hydrolysis) is 1. The van der Waals surface area contributed by atoms with E-state index in [-0.39, 0.29) is 30.2 Å². The standard InChI is InChI=1S/C32H38F7N3O5/c33-30(34)11-18(12-30)24-10-23(28(44)42-14-20(15-42)32(37,38)39)22-8-7-21(9-25(22)47-24)40-27(43)26(17-5-3-1-2-4-6-17)41-29(45)46-16-19-13-31(19,35)36/h7-9,17-20,23-24,26H,1-6,10-16H2,(H,40,43)(H,41,45)/t19?,23?,24?,26-/m0/s1. The lowest BCUT2D eigenvalue weighted by molar-refractivity contribution is -0.210. The van der Waals surface area contributed by atoms with Gasteiger partial charge in [0.25, 0.3) is 5.92 Å². The summed E-state index contributed by atoms with van der Waals surface area (Å²) in [7, 11) is 0. The molecule has 2 heterocycles. The monoisotopic (exact) mass is 677 g/mol. The zero-order valence-corrected chi connectivity index (χ0v) is 25.6. The van der Waals surface area contributed by atoms with Crippen LogP contribution in [0, 0.1) is 23.7 Å². The van der Waals surface area contributed by atoms with E-state index < -0.39 is 104 Å². The second-order valence-corrected chi connectivity index (χ2v) is 13.8. The molecule has 5 aliphatic rings. The van der Waals surface area contributed by atoms with Gasteiger partial charge in [-0.3, -0.25) is 9.59 Å². The number of amides is 3. The van der Waals surface area contributed by atoms with Crippen LogP contribution in [0.25, 0.3) is 0 Å². The maximum absolute atomic E-state index is 13.8. The van der Waals surface area contributed by atoms with E-state index in [0.29, 0.717) is 18.4 Å². The fourth-order valence-corrected chi connectivity index (χ4v) is 7.21. The van der Waals surface area contributed by atoms with Crippen molar-refractivity contribution in [2.24, 2.45) is 23.7 Å². The van der Waals surface area contributed by atoms with Gasteiger partial charge in [0.15, 0.2) is 0 Å². The highest BCUT2D eigenvalue weighted by Crippen LogP contribution is 2.51. The molecule has 0 radical (unpaired) electrons. The summed E-state index contributed by atoms with van der Waals surface area (Å²) in [5, 5.41) is 5.32. The number of rotatable bonds is 8. The Kier molecular flexibility index (Phi) is 9.05. The molecule has 260 valence electrons. The van der Waals surface area contributed by atoms with Crippen LogP contribution in [-0.2, 0) is 14.3 Å². The maximum Gasteiger partial charge on any atom is 0.407 e. The van der Waals surface area contributed by atoms with Crippen molar-refractivity contribution in [3.63, 3.8) is 0 Å². The Morgan fingerprint density at radius 1 is 1.00 bits per heavy atom. The molecular formula is C32H38F7N3O5. The lowest BCUT2D eigenvalue weighted by atomic mass is 9.73. The molecule has 0 spiro atoms. The third-order valence-electron chi connectivity index (χ3n) is 10.3. The number of nitrogens with one attached hydrogen (secondary N) is 2. The number of halogens is 7. The normalized spacial score (nSPS) is 28.0. The highest BCUT2D eigenvalue weighted by molar-refractivity contribution is 5.97. The van der Waals surface area contributed by atoms with Gasteiger partial charge in [-0.25, -0.2) is 22.4 Å². The van der Waals surface area contributed by atoms with Gasteiger partial charge >= 0.3 is 12.3 Å². The van der Waals surface area contributed by atoms with Crippen molar-refractivity contribution < 1.29 is 54.6 Å². The van der Waals surface area contributed by atoms with Crippen molar-refractivity contribution in [3.05, 3.63) is 23.8 Å². The Bertz CT molecular complexity index is 1350. The Balaban J connectivity index is 1.18. The summed E-state index contributed by atoms with van der Waals surface area (Å²) in [6.07, 6.45) is -2.48. The summed E-state index contributed by atoms with van der Waals surface area (Å²) in [5.41, 5.74) is 0.608. The van der Waals surface area contributed by atoms with E-state index >= 15 is 0 Å². The van der Waals surface area contributed by atoms with Gasteiger partial charge in [-0.15, -0.1) is 0 Å². The number of ether oxygens (including phenoxy) is 2. The third kappa shape index (κ3) is 7.58. The minimum absolute atomic E-state index is 0.0358. The molecule has 0 bridgehead atoms. The lowest BCUT2D eigenvalue weighted by Gasteiger charge is -2.46. The molecule has 2 N–H and O–H groups in total. The topological polar surface area (TPSA) is 97.0 Å². The number of hydrogen-bond acceptors (Lipinski definition) is 5. The first-order valence-electron chi connectivity index (χ1n) is 16.3. The van der Waals surface area contributed by atoms with E-state index in [9.17, 15) is 45.1 Å². The molecule has 3 amide bonds. The van der Waals surface area contributed by atoms with Crippen LogP contribution >= 0.6 is 0 Å². The smallest absolute Gasteiger partial charge is 0.407 e. The second-order valence-electron chi connectivity index (χ2n) is 13.8. The summed E-state index contributed by atoms with van der Waals surface area (Å²) >= 11 is 0. The minimum Gasteiger partial charge on any atom is -0.490 e. The predicted molar refractivity (Wildman–Crippen MR) is 153 cm³/mol. The largest absolute Gasteiger partial charge is 0.490 e. The SMILES string of the molecule is O=C(N[C@H](C(=O)Nc1ccc2c(c1)OC(C1CC(F)(F)C1)CC2C(=O)N1CC(C(F)(F)F)C1)C1CCCCCC1)OCC1CC1(F)F. The summed E-state index contributed by atoms with van der Waals surface area (Å²) < 4.78 is 104. The van der Waals surface area contributed by atoms with Gasteiger partial charge in [0.1, 0.15) is 24.5 Å². The van der Waals surface area contributed by atoms with Gasteiger partial charge in [-0.2, -0.15) is 13.2 Å². The fraction of sp³-hybridized carbons (Fsp3) is 0.719. The van der Waals surface area contributed by atoms with Crippen LogP contribution in [0.4, 0.5) is 41.2 Å². The highest BCUT2D eigenvalue weighted by Gasteiger charge is 2.57. The van der Waals surface area contributed by atoms with Crippen molar-refractivity contribution in [2.75, 3.05) is 25.0 Å². The van der Waals surface area contributed by atoms with E-state index in [0.717, 1.165) is 30.6 Å². The fourth-order valence-electron chi connectivity index (χ4n) is 7.21. The molecule has 47 heavy (non-hydrogen) atoms. The molecule has 2 aliphatic heterocycles. The second kappa shape index (κ2) is 12.6. The summed E-state index contributed by atoms with van der Waals surface area (Å²) in [6, 6.07) is 3.44. The third-order valence-corrected chi connectivity index (χ3v) is 10.3. The maximum atomic E-state index is 13.8. The number of likely N-dealkylation sites (tertiary alicyclic amines) is 1. The van der Waals surface area contributed by atoms with Gasteiger partial charge in [0.05, 0.1) is 17.8 Å². The van der Waals surface area contributed by atoms with E-state index in [1.165, 1.54) is 18.2 Å². The molecule has 4 fully saturated rings. The summed E-state index contributed by atoms with van der Waals surface area (Å²) in [6.45, 7) is -1.42. The van der Waals surface area contributed by atoms with Crippen LogP contribution in [-0.4, -0.2) is 72.7 Å². The Morgan fingerprint density at radius 3 is 2.26 bits per heavy atom. The minimum atomic E-state index is -4.43. The zero-order chi connectivity index (χ0) is 33.7.